The van der Waals surface area contributed by atoms with E-state index in [-0.39, 0.29) is 0 Å². The highest BCUT2D eigenvalue weighted by molar-refractivity contribution is 5.27. The largest absolute Gasteiger partial charge is 0.494 e. The van der Waals surface area contributed by atoms with Crippen LogP contribution < -0.4 is 4.74 Å². The maximum Gasteiger partial charge on any atom is 0.119 e. The van der Waals surface area contributed by atoms with E-state index >= 15 is 0 Å². The molecule has 1 nitrogen and oxygen atoms in total. The average Bonchev–Trinajstić information content (AvgIpc) is 2.90. The zero-order valence-electron chi connectivity index (χ0n) is 23.6. The first-order valence-corrected chi connectivity index (χ1v) is 16.0. The lowest BCUT2D eigenvalue weighted by atomic mass is 9.74. The molecule has 35 heavy (non-hydrogen) atoms. The van der Waals surface area contributed by atoms with Gasteiger partial charge in [0.2, 0.25) is 0 Å². The Kier molecular flexibility index (Phi) is 14.3. The summed E-state index contributed by atoms with van der Waals surface area (Å²) in [5.74, 6) is 5.02. The van der Waals surface area contributed by atoms with E-state index in [2.05, 4.69) is 38.1 Å². The number of hydrogen-bond acceptors (Lipinski definition) is 1. The predicted molar refractivity (Wildman–Crippen MR) is 153 cm³/mol. The van der Waals surface area contributed by atoms with Crippen molar-refractivity contribution in [2.75, 3.05) is 6.61 Å². The van der Waals surface area contributed by atoms with Crippen LogP contribution in [0.3, 0.4) is 0 Å². The number of ether oxygens (including phenoxy) is 1. The summed E-state index contributed by atoms with van der Waals surface area (Å²) in [5.41, 5.74) is 1.49. The van der Waals surface area contributed by atoms with Crippen molar-refractivity contribution in [2.45, 2.75) is 149 Å². The molecule has 0 spiro atoms. The lowest BCUT2D eigenvalue weighted by molar-refractivity contribution is 0.190. The lowest BCUT2D eigenvalue weighted by Gasteiger charge is -2.32. The number of hydrogen-bond donors (Lipinski definition) is 0. The van der Waals surface area contributed by atoms with Crippen LogP contribution in [0.15, 0.2) is 24.3 Å². The van der Waals surface area contributed by atoms with Crippen molar-refractivity contribution in [1.29, 1.82) is 0 Å². The molecule has 2 fully saturated rings. The van der Waals surface area contributed by atoms with E-state index in [9.17, 15) is 0 Å². The van der Waals surface area contributed by atoms with Crippen LogP contribution in [0, 0.1) is 23.7 Å². The quantitative estimate of drug-likeness (QED) is 0.201. The first kappa shape index (κ1) is 28.6. The van der Waals surface area contributed by atoms with Gasteiger partial charge in [0.15, 0.2) is 0 Å². The maximum atomic E-state index is 6.15. The fourth-order valence-corrected chi connectivity index (χ4v) is 7.01. The van der Waals surface area contributed by atoms with E-state index in [1.165, 1.54) is 140 Å². The Labute approximate surface area is 219 Å². The first-order valence-electron chi connectivity index (χ1n) is 16.0. The van der Waals surface area contributed by atoms with E-state index in [4.69, 9.17) is 4.74 Å². The molecule has 2 aliphatic rings. The molecule has 0 radical (unpaired) electrons. The molecule has 0 saturated heterocycles. The van der Waals surface area contributed by atoms with Gasteiger partial charge in [0.05, 0.1) is 6.61 Å². The van der Waals surface area contributed by atoms with E-state index in [1.807, 2.05) is 0 Å². The molecule has 2 aliphatic carbocycles. The minimum atomic E-state index is 0.889. The Morgan fingerprint density at radius 2 is 1.20 bits per heavy atom. The highest BCUT2D eigenvalue weighted by Crippen LogP contribution is 2.37. The molecular formula is C34H58O. The molecule has 200 valence electrons. The molecule has 0 bridgehead atoms. The summed E-state index contributed by atoms with van der Waals surface area (Å²) in [6.45, 7) is 5.53. The van der Waals surface area contributed by atoms with Crippen molar-refractivity contribution in [3.63, 3.8) is 0 Å². The Balaban J connectivity index is 1.27. The number of unbranched alkanes of at least 4 members (excludes halogenated alkanes) is 5. The fourth-order valence-electron chi connectivity index (χ4n) is 7.01. The molecule has 1 heteroatoms. The number of aryl methyl sites for hydroxylation is 1. The Hall–Kier alpha value is -0.980. The van der Waals surface area contributed by atoms with Gasteiger partial charge in [-0.2, -0.15) is 0 Å². The third kappa shape index (κ3) is 11.3. The third-order valence-electron chi connectivity index (χ3n) is 9.43. The lowest BCUT2D eigenvalue weighted by Crippen LogP contribution is -2.20. The summed E-state index contributed by atoms with van der Waals surface area (Å²) >= 11 is 0. The van der Waals surface area contributed by atoms with Gasteiger partial charge in [-0.15, -0.1) is 0 Å². The number of benzene rings is 1. The first-order chi connectivity index (χ1) is 17.3. The van der Waals surface area contributed by atoms with Crippen molar-refractivity contribution < 1.29 is 4.74 Å². The zero-order valence-corrected chi connectivity index (χ0v) is 23.6. The molecule has 0 heterocycles. The van der Waals surface area contributed by atoms with Crippen LogP contribution in [0.2, 0.25) is 0 Å². The van der Waals surface area contributed by atoms with Gasteiger partial charge in [-0.1, -0.05) is 135 Å². The van der Waals surface area contributed by atoms with Crippen molar-refractivity contribution in [1.82, 2.24) is 0 Å². The van der Waals surface area contributed by atoms with Crippen molar-refractivity contribution in [3.05, 3.63) is 29.8 Å². The monoisotopic (exact) mass is 482 g/mol. The molecule has 0 aliphatic heterocycles. The van der Waals surface area contributed by atoms with E-state index < -0.39 is 0 Å². The minimum absolute atomic E-state index is 0.889. The van der Waals surface area contributed by atoms with E-state index in [0.717, 1.165) is 36.0 Å². The van der Waals surface area contributed by atoms with Gasteiger partial charge in [-0.05, 0) is 67.1 Å². The molecule has 0 aromatic heterocycles. The third-order valence-corrected chi connectivity index (χ3v) is 9.43. The summed E-state index contributed by atoms with van der Waals surface area (Å²) in [5, 5.41) is 0. The Morgan fingerprint density at radius 1 is 0.600 bits per heavy atom. The normalized spacial score (nSPS) is 25.0. The van der Waals surface area contributed by atoms with Crippen LogP contribution in [0.25, 0.3) is 0 Å². The summed E-state index contributed by atoms with van der Waals surface area (Å²) in [6, 6.07) is 9.07. The Morgan fingerprint density at radius 3 is 1.86 bits per heavy atom. The summed E-state index contributed by atoms with van der Waals surface area (Å²) in [6.07, 6.45) is 29.9. The van der Waals surface area contributed by atoms with Crippen LogP contribution in [0.5, 0.6) is 5.75 Å². The van der Waals surface area contributed by atoms with Crippen molar-refractivity contribution in [3.8, 4) is 5.75 Å². The highest BCUT2D eigenvalue weighted by atomic mass is 16.5. The molecule has 3 rings (SSSR count). The molecule has 1 aromatic rings. The molecule has 0 amide bonds. The van der Waals surface area contributed by atoms with Crippen LogP contribution in [0.1, 0.15) is 148 Å². The second kappa shape index (κ2) is 17.5. The second-order valence-corrected chi connectivity index (χ2v) is 12.2. The zero-order chi connectivity index (χ0) is 24.6. The summed E-state index contributed by atoms with van der Waals surface area (Å²) < 4.78 is 6.15. The summed E-state index contributed by atoms with van der Waals surface area (Å²) in [7, 11) is 0. The van der Waals surface area contributed by atoms with Crippen LogP contribution in [-0.2, 0) is 6.42 Å². The van der Waals surface area contributed by atoms with Gasteiger partial charge in [-0.25, -0.2) is 0 Å². The van der Waals surface area contributed by atoms with Gasteiger partial charge >= 0.3 is 0 Å². The molecule has 2 atom stereocenters. The van der Waals surface area contributed by atoms with Gasteiger partial charge < -0.3 is 4.74 Å². The minimum Gasteiger partial charge on any atom is -0.494 e. The summed E-state index contributed by atoms with van der Waals surface area (Å²) in [4.78, 5) is 0. The maximum absolute atomic E-state index is 6.15. The standard InChI is InChI=1S/C34H58O/c1-3-5-7-8-9-14-32-15-10-11-16-33(32)17-12-28-35-34-26-24-31(25-27-34)23-22-30-20-18-29(19-21-30)13-6-4-2/h24-27,29-30,32-33H,3-23,28H2,1-2H3. The van der Waals surface area contributed by atoms with Crippen LogP contribution in [-0.4, -0.2) is 6.61 Å². The SMILES string of the molecule is CCCCCCCC1CCCCC1CCCOc1ccc(CCC2CCC(CCCC)CC2)cc1. The highest BCUT2D eigenvalue weighted by Gasteiger charge is 2.24. The molecule has 0 N–H and O–H groups in total. The van der Waals surface area contributed by atoms with E-state index in [0.29, 0.717) is 0 Å². The van der Waals surface area contributed by atoms with E-state index in [1.54, 1.807) is 0 Å². The second-order valence-electron chi connectivity index (χ2n) is 12.2. The molecule has 2 unspecified atom stereocenters. The van der Waals surface area contributed by atoms with Gasteiger partial charge in [0, 0.05) is 0 Å². The smallest absolute Gasteiger partial charge is 0.119 e. The van der Waals surface area contributed by atoms with Crippen molar-refractivity contribution in [2.24, 2.45) is 23.7 Å². The topological polar surface area (TPSA) is 9.23 Å². The predicted octanol–water partition coefficient (Wildman–Crippen LogP) is 10.9. The average molecular weight is 483 g/mol. The van der Waals surface area contributed by atoms with Gasteiger partial charge in [-0.3, -0.25) is 0 Å². The van der Waals surface area contributed by atoms with Crippen LogP contribution in [0.4, 0.5) is 0 Å². The van der Waals surface area contributed by atoms with Crippen LogP contribution >= 0.6 is 0 Å². The Bertz CT molecular complexity index is 626. The van der Waals surface area contributed by atoms with Gasteiger partial charge in [0.25, 0.3) is 0 Å². The van der Waals surface area contributed by atoms with Crippen molar-refractivity contribution >= 4 is 0 Å². The molecule has 2 saturated carbocycles. The van der Waals surface area contributed by atoms with Gasteiger partial charge in [0.1, 0.15) is 5.75 Å². The number of rotatable bonds is 17. The fraction of sp³-hybridized carbons (Fsp3) is 0.824. The molecular weight excluding hydrogens is 424 g/mol. The molecule has 1 aromatic carbocycles.